The summed E-state index contributed by atoms with van der Waals surface area (Å²) < 4.78 is 7.14. The Kier molecular flexibility index (Phi) is 5.07. The Balaban J connectivity index is 1.76. The molecule has 0 spiro atoms. The highest BCUT2D eigenvalue weighted by molar-refractivity contribution is 6.52. The molecule has 1 aromatic carbocycles. The summed E-state index contributed by atoms with van der Waals surface area (Å²) >= 11 is 0. The molecule has 1 radical (unpaired) electrons. The maximum absolute atomic E-state index is 12.9. The van der Waals surface area contributed by atoms with E-state index in [1.807, 2.05) is 53.1 Å². The summed E-state index contributed by atoms with van der Waals surface area (Å²) in [5.41, 5.74) is 1.20. The van der Waals surface area contributed by atoms with Crippen molar-refractivity contribution < 1.29 is 9.53 Å². The molecule has 0 bridgehead atoms. The van der Waals surface area contributed by atoms with Crippen molar-refractivity contribution in [1.29, 1.82) is 0 Å². The van der Waals surface area contributed by atoms with E-state index < -0.39 is 5.60 Å². The van der Waals surface area contributed by atoms with Gasteiger partial charge in [0.25, 0.3) is 5.56 Å². The number of likely N-dealkylation sites (tertiary alicyclic amines) is 1. The van der Waals surface area contributed by atoms with Crippen LogP contribution in [0.25, 0.3) is 10.9 Å². The van der Waals surface area contributed by atoms with Gasteiger partial charge in [0.1, 0.15) is 12.9 Å². The number of carbonyl (C=O) groups excluding carboxylic acids is 1. The minimum absolute atomic E-state index is 0.0191. The molecule has 1 fully saturated rings. The van der Waals surface area contributed by atoms with Gasteiger partial charge in [0, 0.05) is 19.1 Å². The van der Waals surface area contributed by atoms with Crippen molar-refractivity contribution in [3.05, 3.63) is 34.9 Å². The highest BCUT2D eigenvalue weighted by atomic mass is 16.6. The zero-order valence-electron chi connectivity index (χ0n) is 15.9. The molecule has 0 saturated carbocycles. The normalized spacial score (nSPS) is 15.9. The van der Waals surface area contributed by atoms with Crippen molar-refractivity contribution in [3.8, 4) is 0 Å². The lowest BCUT2D eigenvalue weighted by Gasteiger charge is -2.34. The number of carbonyl (C=O) groups is 1. The van der Waals surface area contributed by atoms with Crippen molar-refractivity contribution in [2.24, 2.45) is 0 Å². The van der Waals surface area contributed by atoms with Crippen LogP contribution >= 0.6 is 0 Å². The topological polar surface area (TPSA) is 64.4 Å². The Morgan fingerprint density at radius 2 is 1.96 bits per heavy atom. The molecule has 0 atom stereocenters. The molecule has 137 valence electrons. The molecule has 1 aromatic heterocycles. The van der Waals surface area contributed by atoms with Crippen LogP contribution in [0.2, 0.25) is 6.82 Å². The van der Waals surface area contributed by atoms with Gasteiger partial charge in [-0.1, -0.05) is 24.4 Å². The smallest absolute Gasteiger partial charge is 0.410 e. The summed E-state index contributed by atoms with van der Waals surface area (Å²) in [4.78, 5) is 31.2. The van der Waals surface area contributed by atoms with Gasteiger partial charge in [-0.05, 0) is 39.7 Å². The van der Waals surface area contributed by atoms with Crippen LogP contribution in [0.3, 0.4) is 0 Å². The maximum atomic E-state index is 12.9. The van der Waals surface area contributed by atoms with Crippen molar-refractivity contribution in [3.63, 3.8) is 0 Å². The Morgan fingerprint density at radius 1 is 1.27 bits per heavy atom. The summed E-state index contributed by atoms with van der Waals surface area (Å²) in [5.74, 6) is 0. The van der Waals surface area contributed by atoms with Gasteiger partial charge in [0.15, 0.2) is 0 Å². The Morgan fingerprint density at radius 3 is 2.58 bits per heavy atom. The number of nitrogens with zero attached hydrogens (tertiary/aromatic N) is 3. The summed E-state index contributed by atoms with van der Waals surface area (Å²) in [7, 11) is 1.97. The van der Waals surface area contributed by atoms with Gasteiger partial charge in [0.2, 0.25) is 0 Å². The fourth-order valence-corrected chi connectivity index (χ4v) is 3.25. The zero-order chi connectivity index (χ0) is 18.9. The quantitative estimate of drug-likeness (QED) is 0.777. The van der Waals surface area contributed by atoms with E-state index in [-0.39, 0.29) is 17.7 Å². The van der Waals surface area contributed by atoms with Crippen molar-refractivity contribution >= 4 is 29.7 Å². The van der Waals surface area contributed by atoms with Crippen LogP contribution in [0.1, 0.15) is 39.7 Å². The molecule has 0 N–H and O–H groups in total. The van der Waals surface area contributed by atoms with Gasteiger partial charge in [-0.2, -0.15) is 0 Å². The van der Waals surface area contributed by atoms with E-state index >= 15 is 0 Å². The minimum Gasteiger partial charge on any atom is -0.444 e. The average molecular weight is 354 g/mol. The van der Waals surface area contributed by atoms with Crippen LogP contribution in [-0.4, -0.2) is 46.5 Å². The van der Waals surface area contributed by atoms with Crippen LogP contribution in [0.4, 0.5) is 4.79 Å². The molecular weight excluding hydrogens is 329 g/mol. The Bertz CT molecular complexity index is 864. The van der Waals surface area contributed by atoms with Crippen LogP contribution in [0.15, 0.2) is 29.3 Å². The van der Waals surface area contributed by atoms with E-state index in [4.69, 9.17) is 4.74 Å². The van der Waals surface area contributed by atoms with Gasteiger partial charge in [-0.25, -0.2) is 9.78 Å². The second kappa shape index (κ2) is 7.13. The number of piperidine rings is 1. The molecule has 1 amide bonds. The van der Waals surface area contributed by atoms with E-state index in [1.54, 1.807) is 15.8 Å². The van der Waals surface area contributed by atoms with Gasteiger partial charge in [0.05, 0.1) is 17.2 Å². The zero-order valence-corrected chi connectivity index (χ0v) is 15.9. The van der Waals surface area contributed by atoms with E-state index in [0.717, 1.165) is 5.46 Å². The second-order valence-corrected chi connectivity index (χ2v) is 7.72. The molecule has 2 heterocycles. The maximum Gasteiger partial charge on any atom is 0.410 e. The average Bonchev–Trinajstić information content (AvgIpc) is 2.60. The predicted molar refractivity (Wildman–Crippen MR) is 103 cm³/mol. The molecule has 3 rings (SSSR count). The molecule has 26 heavy (non-hydrogen) atoms. The van der Waals surface area contributed by atoms with Crippen molar-refractivity contribution in [2.75, 3.05) is 13.1 Å². The highest BCUT2D eigenvalue weighted by Crippen LogP contribution is 2.23. The van der Waals surface area contributed by atoms with Gasteiger partial charge < -0.3 is 9.64 Å². The van der Waals surface area contributed by atoms with E-state index in [0.29, 0.717) is 36.8 Å². The first-order valence-corrected chi connectivity index (χ1v) is 9.06. The molecule has 7 heteroatoms. The van der Waals surface area contributed by atoms with Crippen molar-refractivity contribution in [2.45, 2.75) is 52.1 Å². The monoisotopic (exact) mass is 354 g/mol. The third kappa shape index (κ3) is 3.92. The first kappa shape index (κ1) is 18.5. The van der Waals surface area contributed by atoms with Gasteiger partial charge in [-0.15, -0.1) is 0 Å². The lowest BCUT2D eigenvalue weighted by atomic mass is 9.73. The summed E-state index contributed by atoms with van der Waals surface area (Å²) in [6.07, 6.45) is 2.77. The summed E-state index contributed by atoms with van der Waals surface area (Å²) in [6, 6.07) is 5.77. The fourth-order valence-electron chi connectivity index (χ4n) is 3.25. The summed E-state index contributed by atoms with van der Waals surface area (Å²) in [5, 5.41) is 0.637. The van der Waals surface area contributed by atoms with Crippen LogP contribution in [-0.2, 0) is 4.74 Å². The molecule has 1 aliphatic rings. The number of amides is 1. The number of benzene rings is 1. The fraction of sp³-hybridized carbons (Fsp3) is 0.526. The molecular formula is C19H25BN3O3. The number of rotatable bonds is 2. The van der Waals surface area contributed by atoms with Crippen LogP contribution in [0.5, 0.6) is 0 Å². The molecule has 1 saturated heterocycles. The first-order chi connectivity index (χ1) is 12.3. The van der Waals surface area contributed by atoms with Crippen LogP contribution < -0.4 is 11.0 Å². The second-order valence-electron chi connectivity index (χ2n) is 7.72. The largest absolute Gasteiger partial charge is 0.444 e. The highest BCUT2D eigenvalue weighted by Gasteiger charge is 2.28. The van der Waals surface area contributed by atoms with E-state index in [2.05, 4.69) is 4.98 Å². The third-order valence-electron chi connectivity index (χ3n) is 4.65. The lowest BCUT2D eigenvalue weighted by molar-refractivity contribution is 0.0187. The number of aromatic nitrogens is 2. The molecule has 6 nitrogen and oxygen atoms in total. The molecule has 1 aliphatic heterocycles. The Hall–Kier alpha value is -2.31. The lowest BCUT2D eigenvalue weighted by Crippen LogP contribution is -2.43. The molecule has 0 aliphatic carbocycles. The summed E-state index contributed by atoms with van der Waals surface area (Å²) in [6.45, 7) is 8.68. The molecule has 0 unspecified atom stereocenters. The van der Waals surface area contributed by atoms with Crippen LogP contribution in [0, 0.1) is 0 Å². The number of fused-ring (bicyclic) bond motifs is 1. The SMILES string of the molecule is C[B]c1ccc2ncn(C3CCN(C(=O)OC(C)(C)C)CC3)c(=O)c2c1. The number of hydrogen-bond acceptors (Lipinski definition) is 4. The van der Waals surface area contributed by atoms with Crippen molar-refractivity contribution in [1.82, 2.24) is 14.5 Å². The molecule has 2 aromatic rings. The van der Waals surface area contributed by atoms with Gasteiger partial charge >= 0.3 is 6.09 Å². The minimum atomic E-state index is -0.499. The number of ether oxygens (including phenoxy) is 1. The van der Waals surface area contributed by atoms with E-state index in [9.17, 15) is 9.59 Å². The van der Waals surface area contributed by atoms with Gasteiger partial charge in [-0.3, -0.25) is 9.36 Å². The van der Waals surface area contributed by atoms with E-state index in [1.165, 1.54) is 0 Å². The first-order valence-electron chi connectivity index (χ1n) is 9.06. The predicted octanol–water partition coefficient (Wildman–Crippen LogP) is 2.35. The third-order valence-corrected chi connectivity index (χ3v) is 4.65. The standard InChI is InChI=1S/C19H25BN3O3/c1-19(2,3)26-18(25)22-9-7-14(8-10-22)23-12-21-16-6-5-13(20-4)11-15(16)17(23)24/h5-6,11-12,14H,7-10H2,1-4H3. The Labute approximate surface area is 154 Å². The number of hydrogen-bond donors (Lipinski definition) is 0.